The number of benzene rings is 2. The third-order valence-corrected chi connectivity index (χ3v) is 4.30. The molecule has 2 aromatic carbocycles. The maximum absolute atomic E-state index is 5.35. The minimum atomic E-state index is 0. The second-order valence-electron chi connectivity index (χ2n) is 6.26. The number of aromatic amines is 1. The highest BCUT2D eigenvalue weighted by atomic mass is 127. The molecule has 29 heavy (non-hydrogen) atoms. The van der Waals surface area contributed by atoms with Gasteiger partial charge in [0.1, 0.15) is 5.82 Å². The molecule has 0 bridgehead atoms. The van der Waals surface area contributed by atoms with Gasteiger partial charge >= 0.3 is 0 Å². The monoisotopic (exact) mass is 509 g/mol. The van der Waals surface area contributed by atoms with E-state index < -0.39 is 0 Å². The van der Waals surface area contributed by atoms with Gasteiger partial charge in [0, 0.05) is 19.5 Å². The Hall–Kier alpha value is -2.49. The number of fused-ring (bicyclic) bond motifs is 1. The number of para-hydroxylation sites is 2. The predicted octanol–water partition coefficient (Wildman–Crippen LogP) is 3.50. The van der Waals surface area contributed by atoms with Crippen molar-refractivity contribution in [1.29, 1.82) is 0 Å². The van der Waals surface area contributed by atoms with Gasteiger partial charge in [-0.1, -0.05) is 18.2 Å². The van der Waals surface area contributed by atoms with Crippen LogP contribution in [0.25, 0.3) is 11.0 Å². The Balaban J connectivity index is 0.00000300. The van der Waals surface area contributed by atoms with Crippen LogP contribution in [-0.4, -0.2) is 43.2 Å². The first kappa shape index (κ1) is 22.8. The number of aromatic nitrogens is 2. The Morgan fingerprint density at radius 3 is 2.59 bits per heavy atom. The molecule has 0 aliphatic rings. The number of ether oxygens (including phenoxy) is 2. The van der Waals surface area contributed by atoms with E-state index in [1.165, 1.54) is 0 Å². The van der Waals surface area contributed by atoms with Crippen LogP contribution in [0.3, 0.4) is 0 Å². The number of aliphatic imine (C=N–C) groups is 1. The van der Waals surface area contributed by atoms with Crippen LogP contribution in [0.2, 0.25) is 0 Å². The van der Waals surface area contributed by atoms with Crippen LogP contribution in [0.1, 0.15) is 18.3 Å². The van der Waals surface area contributed by atoms with E-state index in [2.05, 4.69) is 25.6 Å². The van der Waals surface area contributed by atoms with Gasteiger partial charge < -0.3 is 25.1 Å². The summed E-state index contributed by atoms with van der Waals surface area (Å²) in [4.78, 5) is 12.6. The Morgan fingerprint density at radius 1 is 1.07 bits per heavy atom. The fourth-order valence-corrected chi connectivity index (χ4v) is 2.91. The fourth-order valence-electron chi connectivity index (χ4n) is 2.91. The Kier molecular flexibility index (Phi) is 9.04. The maximum Gasteiger partial charge on any atom is 0.191 e. The predicted molar refractivity (Wildman–Crippen MR) is 128 cm³/mol. The van der Waals surface area contributed by atoms with Gasteiger partial charge in [-0.25, -0.2) is 9.98 Å². The molecular weight excluding hydrogens is 481 g/mol. The molecule has 0 atom stereocenters. The molecule has 1 heterocycles. The van der Waals surface area contributed by atoms with Gasteiger partial charge in [0.15, 0.2) is 17.5 Å². The largest absolute Gasteiger partial charge is 0.493 e. The first-order valence-corrected chi connectivity index (χ1v) is 9.40. The third-order valence-electron chi connectivity index (χ3n) is 4.30. The maximum atomic E-state index is 5.35. The van der Waals surface area contributed by atoms with Crippen LogP contribution in [0.5, 0.6) is 11.5 Å². The van der Waals surface area contributed by atoms with E-state index in [9.17, 15) is 0 Å². The summed E-state index contributed by atoms with van der Waals surface area (Å²) in [6.07, 6.45) is 0.787. The number of guanidine groups is 1. The molecule has 7 nitrogen and oxygen atoms in total. The van der Waals surface area contributed by atoms with E-state index in [4.69, 9.17) is 9.47 Å². The highest BCUT2D eigenvalue weighted by molar-refractivity contribution is 14.0. The smallest absolute Gasteiger partial charge is 0.191 e. The normalized spacial score (nSPS) is 11.1. The van der Waals surface area contributed by atoms with Crippen LogP contribution >= 0.6 is 24.0 Å². The van der Waals surface area contributed by atoms with Gasteiger partial charge in [0.25, 0.3) is 0 Å². The summed E-state index contributed by atoms with van der Waals surface area (Å²) in [6.45, 7) is 4.12. The second kappa shape index (κ2) is 11.5. The summed E-state index contributed by atoms with van der Waals surface area (Å²) in [5.41, 5.74) is 3.10. The van der Waals surface area contributed by atoms with Gasteiger partial charge in [-0.2, -0.15) is 0 Å². The lowest BCUT2D eigenvalue weighted by atomic mass is 10.2. The molecule has 0 saturated heterocycles. The zero-order chi connectivity index (χ0) is 19.8. The number of nitrogens with one attached hydrogen (secondary N) is 3. The summed E-state index contributed by atoms with van der Waals surface area (Å²) in [5.74, 6) is 3.15. The number of imidazole rings is 1. The first-order valence-electron chi connectivity index (χ1n) is 9.40. The molecular formula is C21H28IN5O2. The van der Waals surface area contributed by atoms with Crippen LogP contribution in [-0.2, 0) is 13.0 Å². The minimum absolute atomic E-state index is 0. The van der Waals surface area contributed by atoms with Crippen molar-refractivity contribution in [2.45, 2.75) is 19.9 Å². The molecule has 0 spiro atoms. The van der Waals surface area contributed by atoms with Crippen molar-refractivity contribution in [2.24, 2.45) is 4.99 Å². The SMILES string of the molecule is CCNC(=NCc1ccc(OC)c(OC)c1)NCCc1nc2ccccc2[nH]1.I. The van der Waals surface area contributed by atoms with E-state index >= 15 is 0 Å². The molecule has 0 saturated carbocycles. The lowest BCUT2D eigenvalue weighted by molar-refractivity contribution is 0.354. The molecule has 0 aliphatic heterocycles. The average Bonchev–Trinajstić information content (AvgIpc) is 3.14. The molecule has 0 amide bonds. The minimum Gasteiger partial charge on any atom is -0.493 e. The number of hydrogen-bond acceptors (Lipinski definition) is 4. The Labute approximate surface area is 188 Å². The molecule has 0 radical (unpaired) electrons. The van der Waals surface area contributed by atoms with Crippen LogP contribution in [0, 0.1) is 0 Å². The molecule has 3 aromatic rings. The lowest BCUT2D eigenvalue weighted by Gasteiger charge is -2.12. The zero-order valence-corrected chi connectivity index (χ0v) is 19.3. The second-order valence-corrected chi connectivity index (χ2v) is 6.26. The molecule has 0 unspecified atom stereocenters. The van der Waals surface area contributed by atoms with Crippen LogP contribution < -0.4 is 20.1 Å². The Morgan fingerprint density at radius 2 is 1.86 bits per heavy atom. The van der Waals surface area contributed by atoms with Crippen molar-refractivity contribution in [1.82, 2.24) is 20.6 Å². The molecule has 0 fully saturated rings. The fraction of sp³-hybridized carbons (Fsp3) is 0.333. The summed E-state index contributed by atoms with van der Waals surface area (Å²) in [6, 6.07) is 13.9. The molecule has 8 heteroatoms. The van der Waals surface area contributed by atoms with Crippen molar-refractivity contribution in [3.8, 4) is 11.5 Å². The number of H-pyrrole nitrogens is 1. The topological polar surface area (TPSA) is 83.6 Å². The van der Waals surface area contributed by atoms with Crippen molar-refractivity contribution in [3.63, 3.8) is 0 Å². The van der Waals surface area contributed by atoms with Crippen molar-refractivity contribution < 1.29 is 9.47 Å². The van der Waals surface area contributed by atoms with E-state index in [-0.39, 0.29) is 24.0 Å². The lowest BCUT2D eigenvalue weighted by Crippen LogP contribution is -2.38. The molecule has 0 aliphatic carbocycles. The summed E-state index contributed by atoms with van der Waals surface area (Å²) >= 11 is 0. The number of halogens is 1. The number of hydrogen-bond donors (Lipinski definition) is 3. The van der Waals surface area contributed by atoms with E-state index in [1.807, 2.05) is 49.4 Å². The van der Waals surface area contributed by atoms with E-state index in [1.54, 1.807) is 14.2 Å². The van der Waals surface area contributed by atoms with E-state index in [0.717, 1.165) is 47.9 Å². The standard InChI is InChI=1S/C21H27N5O2.HI/c1-4-22-21(24-14-15-9-10-18(27-2)19(13-15)28-3)23-12-11-20-25-16-7-5-6-8-17(16)26-20;/h5-10,13H,4,11-12,14H2,1-3H3,(H,25,26)(H2,22,23,24);1H. The molecule has 3 rings (SSSR count). The molecule has 3 N–H and O–H groups in total. The summed E-state index contributed by atoms with van der Waals surface area (Å²) in [5, 5.41) is 6.63. The van der Waals surface area contributed by atoms with Crippen LogP contribution in [0.15, 0.2) is 47.5 Å². The quantitative estimate of drug-likeness (QED) is 0.246. The number of nitrogens with zero attached hydrogens (tertiary/aromatic N) is 2. The summed E-state index contributed by atoms with van der Waals surface area (Å²) < 4.78 is 10.6. The van der Waals surface area contributed by atoms with Crippen molar-refractivity contribution in [3.05, 3.63) is 53.9 Å². The van der Waals surface area contributed by atoms with E-state index in [0.29, 0.717) is 18.0 Å². The number of rotatable bonds is 8. The van der Waals surface area contributed by atoms with Gasteiger partial charge in [-0.05, 0) is 36.8 Å². The van der Waals surface area contributed by atoms with Gasteiger partial charge in [0.05, 0.1) is 31.8 Å². The van der Waals surface area contributed by atoms with Gasteiger partial charge in [-0.15, -0.1) is 24.0 Å². The Bertz CT molecular complexity index is 909. The van der Waals surface area contributed by atoms with Crippen LogP contribution in [0.4, 0.5) is 0 Å². The highest BCUT2D eigenvalue weighted by Gasteiger charge is 2.06. The van der Waals surface area contributed by atoms with Crippen molar-refractivity contribution in [2.75, 3.05) is 27.3 Å². The molecule has 1 aromatic heterocycles. The average molecular weight is 509 g/mol. The zero-order valence-electron chi connectivity index (χ0n) is 17.0. The molecule has 156 valence electrons. The van der Waals surface area contributed by atoms with Crippen molar-refractivity contribution >= 4 is 41.0 Å². The first-order chi connectivity index (χ1) is 13.7. The van der Waals surface area contributed by atoms with Gasteiger partial charge in [0.2, 0.25) is 0 Å². The summed E-state index contributed by atoms with van der Waals surface area (Å²) in [7, 11) is 3.26. The third kappa shape index (κ3) is 6.25. The number of methoxy groups -OCH3 is 2. The highest BCUT2D eigenvalue weighted by Crippen LogP contribution is 2.27. The van der Waals surface area contributed by atoms with Gasteiger partial charge in [-0.3, -0.25) is 0 Å².